The Labute approximate surface area is 185 Å². The first-order valence-corrected chi connectivity index (χ1v) is 10.4. The molecule has 2 amide bonds. The van der Waals surface area contributed by atoms with E-state index in [1.165, 1.54) is 0 Å². The van der Waals surface area contributed by atoms with Crippen molar-refractivity contribution in [3.8, 4) is 11.5 Å². The van der Waals surface area contributed by atoms with Crippen LogP contribution in [0, 0.1) is 13.8 Å². The van der Waals surface area contributed by atoms with Crippen LogP contribution in [-0.4, -0.2) is 42.0 Å². The molecule has 1 atom stereocenters. The molecule has 168 valence electrons. The van der Waals surface area contributed by atoms with Gasteiger partial charge < -0.3 is 19.7 Å². The Hall–Kier alpha value is -3.02. The number of nitrogens with zero attached hydrogens (tertiary/aromatic N) is 1. The van der Waals surface area contributed by atoms with Crippen molar-refractivity contribution in [3.63, 3.8) is 0 Å². The number of carbonyl (C=O) groups excluding carboxylic acids is 2. The van der Waals surface area contributed by atoms with E-state index in [1.807, 2.05) is 77.1 Å². The van der Waals surface area contributed by atoms with Gasteiger partial charge in [-0.05, 0) is 82.5 Å². The molecule has 0 spiro atoms. The van der Waals surface area contributed by atoms with Gasteiger partial charge in [0.1, 0.15) is 17.5 Å². The second-order valence-electron chi connectivity index (χ2n) is 8.90. The topological polar surface area (TPSA) is 67.9 Å². The molecule has 31 heavy (non-hydrogen) atoms. The molecule has 0 heterocycles. The van der Waals surface area contributed by atoms with Gasteiger partial charge in [-0.2, -0.15) is 0 Å². The van der Waals surface area contributed by atoms with Crippen LogP contribution >= 0.6 is 0 Å². The third kappa shape index (κ3) is 7.63. The number of rotatable bonds is 8. The Balaban J connectivity index is 2.19. The minimum absolute atomic E-state index is 0.147. The van der Waals surface area contributed by atoms with E-state index < -0.39 is 11.6 Å². The van der Waals surface area contributed by atoms with E-state index in [0.717, 1.165) is 22.4 Å². The number of hydrogen-bond acceptors (Lipinski definition) is 4. The van der Waals surface area contributed by atoms with E-state index in [-0.39, 0.29) is 25.0 Å². The number of carbonyl (C=O) groups is 2. The van der Waals surface area contributed by atoms with Crippen molar-refractivity contribution in [2.24, 2.45) is 0 Å². The summed E-state index contributed by atoms with van der Waals surface area (Å²) in [6.07, 6.45) is 0. The maximum absolute atomic E-state index is 13.1. The van der Waals surface area contributed by atoms with Gasteiger partial charge in [0, 0.05) is 12.1 Å². The Morgan fingerprint density at radius 3 is 2.10 bits per heavy atom. The lowest BCUT2D eigenvalue weighted by Gasteiger charge is -2.31. The molecule has 0 saturated carbocycles. The Morgan fingerprint density at radius 2 is 1.58 bits per heavy atom. The first kappa shape index (κ1) is 24.3. The lowest BCUT2D eigenvalue weighted by atomic mass is 10.1. The summed E-state index contributed by atoms with van der Waals surface area (Å²) >= 11 is 0. The Bertz CT molecular complexity index is 880. The molecule has 0 aliphatic rings. The zero-order valence-electron chi connectivity index (χ0n) is 19.6. The summed E-state index contributed by atoms with van der Waals surface area (Å²) in [7, 11) is 1.61. The van der Waals surface area contributed by atoms with Crippen LogP contribution < -0.4 is 14.8 Å². The van der Waals surface area contributed by atoms with Gasteiger partial charge in [-0.3, -0.25) is 9.59 Å². The fraction of sp³-hybridized carbons (Fsp3) is 0.440. The molecule has 0 bridgehead atoms. The van der Waals surface area contributed by atoms with Crippen molar-refractivity contribution in [2.45, 2.75) is 59.7 Å². The van der Waals surface area contributed by atoms with E-state index in [0.29, 0.717) is 5.75 Å². The van der Waals surface area contributed by atoms with Gasteiger partial charge >= 0.3 is 0 Å². The van der Waals surface area contributed by atoms with E-state index in [4.69, 9.17) is 9.47 Å². The molecular formula is C25H34N2O4. The van der Waals surface area contributed by atoms with E-state index >= 15 is 0 Å². The normalized spacial score (nSPS) is 12.1. The molecule has 6 heteroatoms. The van der Waals surface area contributed by atoms with E-state index in [2.05, 4.69) is 5.32 Å². The largest absolute Gasteiger partial charge is 0.497 e. The third-order valence-electron chi connectivity index (χ3n) is 4.73. The number of methoxy groups -OCH3 is 1. The van der Waals surface area contributed by atoms with Gasteiger partial charge in [0.2, 0.25) is 5.91 Å². The Morgan fingerprint density at radius 1 is 1.00 bits per heavy atom. The van der Waals surface area contributed by atoms with Crippen molar-refractivity contribution in [1.29, 1.82) is 0 Å². The van der Waals surface area contributed by atoms with Gasteiger partial charge in [0.15, 0.2) is 6.61 Å². The van der Waals surface area contributed by atoms with Crippen LogP contribution in [0.15, 0.2) is 42.5 Å². The summed E-state index contributed by atoms with van der Waals surface area (Å²) in [4.78, 5) is 27.5. The second-order valence-corrected chi connectivity index (χ2v) is 8.90. The zero-order valence-corrected chi connectivity index (χ0v) is 19.6. The molecule has 0 aliphatic carbocycles. The molecule has 1 unspecified atom stereocenters. The standard InChI is InChI=1S/C25H34N2O4/c1-17-12-18(2)14-22(13-17)31-16-23(28)27(19(3)24(29)26-25(4,5)6)15-20-8-10-21(30-7)11-9-20/h8-14,19H,15-16H2,1-7H3,(H,26,29). The van der Waals surface area contributed by atoms with Crippen LogP contribution in [0.5, 0.6) is 11.5 Å². The quantitative estimate of drug-likeness (QED) is 0.692. The fourth-order valence-electron chi connectivity index (χ4n) is 3.23. The lowest BCUT2D eigenvalue weighted by Crippen LogP contribution is -2.53. The molecule has 6 nitrogen and oxygen atoms in total. The molecule has 0 aliphatic heterocycles. The molecule has 2 aromatic carbocycles. The van der Waals surface area contributed by atoms with Gasteiger partial charge in [-0.25, -0.2) is 0 Å². The highest BCUT2D eigenvalue weighted by Crippen LogP contribution is 2.18. The van der Waals surface area contributed by atoms with Gasteiger partial charge in [-0.15, -0.1) is 0 Å². The second kappa shape index (κ2) is 10.3. The average Bonchev–Trinajstić information content (AvgIpc) is 2.68. The van der Waals surface area contributed by atoms with Gasteiger partial charge in [0.25, 0.3) is 5.91 Å². The number of aryl methyl sites for hydroxylation is 2. The summed E-state index contributed by atoms with van der Waals surface area (Å²) in [5.41, 5.74) is 2.64. The fourth-order valence-corrected chi connectivity index (χ4v) is 3.23. The molecule has 0 aromatic heterocycles. The molecule has 0 fully saturated rings. The minimum Gasteiger partial charge on any atom is -0.497 e. The molecular weight excluding hydrogens is 392 g/mol. The highest BCUT2D eigenvalue weighted by Gasteiger charge is 2.28. The Kier molecular flexibility index (Phi) is 8.08. The summed E-state index contributed by atoms with van der Waals surface area (Å²) in [5, 5.41) is 2.95. The smallest absolute Gasteiger partial charge is 0.261 e. The first-order valence-electron chi connectivity index (χ1n) is 10.4. The summed E-state index contributed by atoms with van der Waals surface area (Å²) in [6, 6.07) is 12.6. The van der Waals surface area contributed by atoms with Crippen molar-refractivity contribution in [1.82, 2.24) is 10.2 Å². The van der Waals surface area contributed by atoms with Crippen molar-refractivity contribution in [3.05, 3.63) is 59.2 Å². The van der Waals surface area contributed by atoms with E-state index in [1.54, 1.807) is 18.9 Å². The van der Waals surface area contributed by atoms with Crippen LogP contribution in [0.25, 0.3) is 0 Å². The van der Waals surface area contributed by atoms with Crippen molar-refractivity contribution in [2.75, 3.05) is 13.7 Å². The number of benzene rings is 2. The minimum atomic E-state index is -0.656. The summed E-state index contributed by atoms with van der Waals surface area (Å²) in [6.45, 7) is 11.6. The number of nitrogens with one attached hydrogen (secondary N) is 1. The highest BCUT2D eigenvalue weighted by molar-refractivity contribution is 5.88. The van der Waals surface area contributed by atoms with E-state index in [9.17, 15) is 9.59 Å². The zero-order chi connectivity index (χ0) is 23.2. The van der Waals surface area contributed by atoms with Crippen molar-refractivity contribution < 1.29 is 19.1 Å². The van der Waals surface area contributed by atoms with Crippen LogP contribution in [-0.2, 0) is 16.1 Å². The molecule has 1 N–H and O–H groups in total. The van der Waals surface area contributed by atoms with Crippen LogP contribution in [0.1, 0.15) is 44.4 Å². The highest BCUT2D eigenvalue weighted by atomic mass is 16.5. The van der Waals surface area contributed by atoms with Crippen LogP contribution in [0.2, 0.25) is 0 Å². The van der Waals surface area contributed by atoms with Crippen LogP contribution in [0.3, 0.4) is 0 Å². The maximum Gasteiger partial charge on any atom is 0.261 e. The average molecular weight is 427 g/mol. The van der Waals surface area contributed by atoms with Crippen molar-refractivity contribution >= 4 is 11.8 Å². The van der Waals surface area contributed by atoms with Gasteiger partial charge in [0.05, 0.1) is 7.11 Å². The molecule has 2 aromatic rings. The molecule has 2 rings (SSSR count). The monoisotopic (exact) mass is 426 g/mol. The lowest BCUT2D eigenvalue weighted by molar-refractivity contribution is -0.142. The SMILES string of the molecule is COc1ccc(CN(C(=O)COc2cc(C)cc(C)c2)C(C)C(=O)NC(C)(C)C)cc1. The summed E-state index contributed by atoms with van der Waals surface area (Å²) < 4.78 is 11.0. The third-order valence-corrected chi connectivity index (χ3v) is 4.73. The van der Waals surface area contributed by atoms with Gasteiger partial charge in [-0.1, -0.05) is 18.2 Å². The first-order chi connectivity index (χ1) is 14.5. The molecule has 0 saturated heterocycles. The predicted octanol–water partition coefficient (Wildman–Crippen LogP) is 4.02. The summed E-state index contributed by atoms with van der Waals surface area (Å²) in [5.74, 6) is 0.910. The number of ether oxygens (including phenoxy) is 2. The van der Waals surface area contributed by atoms with Crippen LogP contribution in [0.4, 0.5) is 0 Å². The molecule has 0 radical (unpaired) electrons. The predicted molar refractivity (Wildman–Crippen MR) is 122 cm³/mol. The number of hydrogen-bond donors (Lipinski definition) is 1. The maximum atomic E-state index is 13.1. The number of amides is 2.